The summed E-state index contributed by atoms with van der Waals surface area (Å²) in [6.45, 7) is 0. The van der Waals surface area contributed by atoms with E-state index in [1.165, 1.54) is 26.4 Å². The highest BCUT2D eigenvalue weighted by atomic mass is 16.5. The van der Waals surface area contributed by atoms with Gasteiger partial charge in [0, 0.05) is 0 Å². The van der Waals surface area contributed by atoms with E-state index < -0.39 is 5.97 Å². The van der Waals surface area contributed by atoms with E-state index in [0.717, 1.165) is 0 Å². The SMILES string of the molecule is COc1cccc(OC)c1C([O])=O. The molecule has 69 valence electrons. The predicted octanol–water partition coefficient (Wildman–Crippen LogP) is 1.27. The van der Waals surface area contributed by atoms with Crippen LogP contribution in [-0.2, 0) is 5.11 Å². The molecule has 1 aromatic carbocycles. The molecule has 0 unspecified atom stereocenters. The van der Waals surface area contributed by atoms with Gasteiger partial charge in [0.05, 0.1) is 14.2 Å². The van der Waals surface area contributed by atoms with Gasteiger partial charge in [-0.1, -0.05) is 6.07 Å². The van der Waals surface area contributed by atoms with Crippen molar-refractivity contribution in [2.45, 2.75) is 0 Å². The molecule has 1 rings (SSSR count). The van der Waals surface area contributed by atoms with Crippen LogP contribution in [0.4, 0.5) is 0 Å². The first-order valence-corrected chi connectivity index (χ1v) is 3.63. The Morgan fingerprint density at radius 3 is 1.92 bits per heavy atom. The second kappa shape index (κ2) is 3.80. The highest BCUT2D eigenvalue weighted by Crippen LogP contribution is 2.27. The van der Waals surface area contributed by atoms with E-state index in [0.29, 0.717) is 0 Å². The molecule has 13 heavy (non-hydrogen) atoms. The van der Waals surface area contributed by atoms with Crippen molar-refractivity contribution < 1.29 is 19.4 Å². The fraction of sp³-hybridized carbons (Fsp3) is 0.222. The van der Waals surface area contributed by atoms with Crippen LogP contribution >= 0.6 is 0 Å². The number of benzene rings is 1. The van der Waals surface area contributed by atoms with Crippen LogP contribution < -0.4 is 9.47 Å². The average molecular weight is 181 g/mol. The first-order valence-electron chi connectivity index (χ1n) is 3.63. The molecule has 0 aliphatic carbocycles. The van der Waals surface area contributed by atoms with Crippen LogP contribution in [0.25, 0.3) is 0 Å². The molecule has 1 aromatic rings. The molecule has 0 aliphatic rings. The summed E-state index contributed by atoms with van der Waals surface area (Å²) in [5.41, 5.74) is -0.0625. The van der Waals surface area contributed by atoms with Crippen LogP contribution in [0, 0.1) is 0 Å². The van der Waals surface area contributed by atoms with Crippen LogP contribution in [0.2, 0.25) is 0 Å². The van der Waals surface area contributed by atoms with E-state index in [2.05, 4.69) is 0 Å². The number of carbonyl (C=O) groups excluding carboxylic acids is 1. The fourth-order valence-electron chi connectivity index (χ4n) is 1.05. The Morgan fingerprint density at radius 2 is 1.62 bits per heavy atom. The molecular formula is C9H9O4. The molecule has 0 N–H and O–H groups in total. The first-order chi connectivity index (χ1) is 6.20. The fourth-order valence-corrected chi connectivity index (χ4v) is 1.05. The summed E-state index contributed by atoms with van der Waals surface area (Å²) in [6.07, 6.45) is 0. The quantitative estimate of drug-likeness (QED) is 0.705. The van der Waals surface area contributed by atoms with Gasteiger partial charge in [0.25, 0.3) is 0 Å². The topological polar surface area (TPSA) is 55.4 Å². The standard InChI is InChI=1S/C9H9O4/c1-12-6-4-3-5-7(13-2)8(6)9(10)11/h3-5H,1-2H3. The van der Waals surface area contributed by atoms with Gasteiger partial charge in [-0.2, -0.15) is 0 Å². The third-order valence-corrected chi connectivity index (χ3v) is 1.63. The van der Waals surface area contributed by atoms with Crippen molar-refractivity contribution >= 4 is 5.97 Å². The van der Waals surface area contributed by atoms with Crippen LogP contribution in [0.1, 0.15) is 10.4 Å². The van der Waals surface area contributed by atoms with Crippen molar-refractivity contribution in [3.8, 4) is 11.5 Å². The minimum Gasteiger partial charge on any atom is -0.496 e. The molecule has 4 heteroatoms. The molecule has 4 nitrogen and oxygen atoms in total. The van der Waals surface area contributed by atoms with Crippen molar-refractivity contribution in [1.29, 1.82) is 0 Å². The molecule has 0 aromatic heterocycles. The summed E-state index contributed by atoms with van der Waals surface area (Å²) >= 11 is 0. The summed E-state index contributed by atoms with van der Waals surface area (Å²) in [5, 5.41) is 10.7. The van der Waals surface area contributed by atoms with Gasteiger partial charge in [-0.05, 0) is 12.1 Å². The zero-order chi connectivity index (χ0) is 9.84. The van der Waals surface area contributed by atoms with Gasteiger partial charge in [0.1, 0.15) is 17.1 Å². The van der Waals surface area contributed by atoms with E-state index in [-0.39, 0.29) is 17.1 Å². The minimum atomic E-state index is -1.31. The zero-order valence-corrected chi connectivity index (χ0v) is 7.37. The van der Waals surface area contributed by atoms with E-state index >= 15 is 0 Å². The molecule has 0 atom stereocenters. The Morgan fingerprint density at radius 1 is 1.15 bits per heavy atom. The lowest BCUT2D eigenvalue weighted by molar-refractivity contribution is 0.0565. The minimum absolute atomic E-state index is 0.0625. The number of ether oxygens (including phenoxy) is 2. The summed E-state index contributed by atoms with van der Waals surface area (Å²) in [7, 11) is 2.78. The second-order valence-electron chi connectivity index (χ2n) is 2.32. The number of methoxy groups -OCH3 is 2. The van der Waals surface area contributed by atoms with Gasteiger partial charge in [0.2, 0.25) is 0 Å². The Bertz CT molecular complexity index is 297. The van der Waals surface area contributed by atoms with Crippen molar-refractivity contribution in [3.63, 3.8) is 0 Å². The third kappa shape index (κ3) is 1.72. The zero-order valence-electron chi connectivity index (χ0n) is 7.37. The molecule has 0 saturated carbocycles. The van der Waals surface area contributed by atoms with Gasteiger partial charge in [0.15, 0.2) is 0 Å². The molecular weight excluding hydrogens is 172 g/mol. The Kier molecular flexibility index (Phi) is 2.74. The van der Waals surface area contributed by atoms with Crippen molar-refractivity contribution in [2.75, 3.05) is 14.2 Å². The van der Waals surface area contributed by atoms with Gasteiger partial charge in [-0.15, -0.1) is 0 Å². The largest absolute Gasteiger partial charge is 0.496 e. The van der Waals surface area contributed by atoms with Gasteiger partial charge in [-0.3, -0.25) is 0 Å². The summed E-state index contributed by atoms with van der Waals surface area (Å²) in [4.78, 5) is 10.7. The van der Waals surface area contributed by atoms with Gasteiger partial charge in [-0.25, -0.2) is 9.90 Å². The highest BCUT2D eigenvalue weighted by molar-refractivity contribution is 5.93. The molecule has 1 radical (unpaired) electrons. The lowest BCUT2D eigenvalue weighted by Gasteiger charge is -2.07. The number of carbonyl (C=O) groups is 1. The molecule has 0 amide bonds. The third-order valence-electron chi connectivity index (χ3n) is 1.63. The maximum absolute atomic E-state index is 10.7. The summed E-state index contributed by atoms with van der Waals surface area (Å²) in [5.74, 6) is -0.840. The number of hydrogen-bond donors (Lipinski definition) is 0. The summed E-state index contributed by atoms with van der Waals surface area (Å²) in [6, 6.07) is 4.71. The van der Waals surface area contributed by atoms with Crippen LogP contribution in [0.3, 0.4) is 0 Å². The van der Waals surface area contributed by atoms with Crippen molar-refractivity contribution in [2.24, 2.45) is 0 Å². The highest BCUT2D eigenvalue weighted by Gasteiger charge is 2.18. The molecule has 0 heterocycles. The molecule has 0 fully saturated rings. The first kappa shape index (κ1) is 9.38. The normalized spacial score (nSPS) is 9.38. The monoisotopic (exact) mass is 181 g/mol. The van der Waals surface area contributed by atoms with E-state index in [4.69, 9.17) is 9.47 Å². The maximum atomic E-state index is 10.7. The van der Waals surface area contributed by atoms with Gasteiger partial charge >= 0.3 is 5.97 Å². The Balaban J connectivity index is 3.29. The van der Waals surface area contributed by atoms with E-state index in [9.17, 15) is 9.90 Å². The summed E-state index contributed by atoms with van der Waals surface area (Å²) < 4.78 is 9.70. The number of hydrogen-bond acceptors (Lipinski definition) is 3. The molecule has 0 spiro atoms. The Labute approximate surface area is 75.7 Å². The van der Waals surface area contributed by atoms with Crippen LogP contribution in [0.15, 0.2) is 18.2 Å². The van der Waals surface area contributed by atoms with Crippen LogP contribution in [-0.4, -0.2) is 20.2 Å². The van der Waals surface area contributed by atoms with Gasteiger partial charge < -0.3 is 9.47 Å². The average Bonchev–Trinajstić information content (AvgIpc) is 2.16. The Hall–Kier alpha value is -1.71. The lowest BCUT2D eigenvalue weighted by atomic mass is 10.2. The lowest BCUT2D eigenvalue weighted by Crippen LogP contribution is -2.02. The molecule has 0 aliphatic heterocycles. The second-order valence-corrected chi connectivity index (χ2v) is 2.32. The van der Waals surface area contributed by atoms with E-state index in [1.54, 1.807) is 6.07 Å². The smallest absolute Gasteiger partial charge is 0.393 e. The van der Waals surface area contributed by atoms with Crippen molar-refractivity contribution in [3.05, 3.63) is 23.8 Å². The maximum Gasteiger partial charge on any atom is 0.393 e. The van der Waals surface area contributed by atoms with Crippen LogP contribution in [0.5, 0.6) is 11.5 Å². The molecule has 0 saturated heterocycles. The predicted molar refractivity (Wildman–Crippen MR) is 44.6 cm³/mol. The number of rotatable bonds is 3. The van der Waals surface area contributed by atoms with Crippen molar-refractivity contribution in [1.82, 2.24) is 0 Å². The molecule has 0 bridgehead atoms. The van der Waals surface area contributed by atoms with E-state index in [1.807, 2.05) is 0 Å².